The van der Waals surface area contributed by atoms with Crippen molar-refractivity contribution in [3.63, 3.8) is 0 Å². The van der Waals surface area contributed by atoms with E-state index in [1.165, 1.54) is 19.3 Å². The van der Waals surface area contributed by atoms with Gasteiger partial charge in [-0.05, 0) is 24.6 Å². The summed E-state index contributed by atoms with van der Waals surface area (Å²) in [6, 6.07) is 7.23. The quantitative estimate of drug-likeness (QED) is 0.709. The van der Waals surface area contributed by atoms with Crippen LogP contribution in [0.5, 0.6) is 5.88 Å². The van der Waals surface area contributed by atoms with Crippen molar-refractivity contribution < 1.29 is 19.7 Å². The highest BCUT2D eigenvalue weighted by Crippen LogP contribution is 2.15. The largest absolute Gasteiger partial charge is 0.479 e. The van der Waals surface area contributed by atoms with Crippen molar-refractivity contribution in [1.29, 1.82) is 0 Å². The summed E-state index contributed by atoms with van der Waals surface area (Å²) in [6.45, 7) is 1.25. The van der Waals surface area contributed by atoms with Crippen LogP contribution in [0, 0.1) is 0 Å². The van der Waals surface area contributed by atoms with Crippen LogP contribution in [0.4, 0.5) is 5.82 Å². The number of carbonyl (C=O) groups is 1. The maximum atomic E-state index is 10.8. The molecule has 1 unspecified atom stereocenters. The Labute approximate surface area is 137 Å². The number of benzene rings is 1. The van der Waals surface area contributed by atoms with Gasteiger partial charge in [0.15, 0.2) is 5.60 Å². The maximum Gasteiger partial charge on any atom is 0.337 e. The van der Waals surface area contributed by atoms with Gasteiger partial charge < -0.3 is 20.3 Å². The van der Waals surface area contributed by atoms with Crippen LogP contribution in [0.25, 0.3) is 0 Å². The summed E-state index contributed by atoms with van der Waals surface area (Å²) in [4.78, 5) is 18.9. The summed E-state index contributed by atoms with van der Waals surface area (Å²) in [7, 11) is 0. The zero-order valence-electron chi connectivity index (χ0n) is 12.4. The Kier molecular flexibility index (Phi) is 5.36. The fourth-order valence-corrected chi connectivity index (χ4v) is 1.84. The van der Waals surface area contributed by atoms with E-state index in [0.717, 1.165) is 5.56 Å². The molecule has 0 saturated carbocycles. The van der Waals surface area contributed by atoms with Crippen LogP contribution in [-0.2, 0) is 11.4 Å². The Balaban J connectivity index is 1.96. The molecule has 122 valence electrons. The fraction of sp³-hybridized carbons (Fsp3) is 0.267. The molecule has 0 saturated heterocycles. The van der Waals surface area contributed by atoms with E-state index in [9.17, 15) is 9.90 Å². The van der Waals surface area contributed by atoms with E-state index in [2.05, 4.69) is 15.3 Å². The maximum absolute atomic E-state index is 10.8. The molecule has 7 nitrogen and oxygen atoms in total. The third-order valence-corrected chi connectivity index (χ3v) is 3.20. The molecule has 1 atom stereocenters. The summed E-state index contributed by atoms with van der Waals surface area (Å²) in [5.41, 5.74) is -1.02. The number of carboxylic acids is 1. The second kappa shape index (κ2) is 7.26. The van der Waals surface area contributed by atoms with Crippen LogP contribution in [0.1, 0.15) is 12.5 Å². The molecule has 2 rings (SSSR count). The summed E-state index contributed by atoms with van der Waals surface area (Å²) in [6.07, 6.45) is 2.84. The molecule has 0 radical (unpaired) electrons. The molecular formula is C15H16ClN3O4. The zero-order valence-corrected chi connectivity index (χ0v) is 13.1. The first-order valence-electron chi connectivity index (χ1n) is 6.76. The minimum absolute atomic E-state index is 0.214. The third kappa shape index (κ3) is 5.08. The van der Waals surface area contributed by atoms with Crippen LogP contribution in [0.3, 0.4) is 0 Å². The molecule has 23 heavy (non-hydrogen) atoms. The van der Waals surface area contributed by atoms with Crippen LogP contribution < -0.4 is 10.1 Å². The van der Waals surface area contributed by atoms with Gasteiger partial charge in [0.05, 0.1) is 18.9 Å². The molecule has 0 amide bonds. The number of aromatic nitrogens is 2. The minimum Gasteiger partial charge on any atom is -0.479 e. The van der Waals surface area contributed by atoms with Crippen LogP contribution in [0.2, 0.25) is 5.02 Å². The van der Waals surface area contributed by atoms with Gasteiger partial charge in [0.1, 0.15) is 12.4 Å². The standard InChI is InChI=1S/C15H16ClN3O4/c1-15(22,14(20)21)9-18-12-6-17-7-13(19-12)23-8-10-3-2-4-11(16)5-10/h2-7,22H,8-9H2,1H3,(H,18,19)(H,20,21). The number of nitrogens with zero attached hydrogens (tertiary/aromatic N) is 2. The lowest BCUT2D eigenvalue weighted by molar-refractivity contribution is -0.155. The monoisotopic (exact) mass is 337 g/mol. The molecule has 0 spiro atoms. The van der Waals surface area contributed by atoms with Crippen LogP contribution in [-0.4, -0.2) is 38.3 Å². The first-order valence-corrected chi connectivity index (χ1v) is 7.13. The molecule has 0 aliphatic rings. The summed E-state index contributed by atoms with van der Waals surface area (Å²) in [5.74, 6) is -0.758. The predicted octanol–water partition coefficient (Wildman–Crippen LogP) is 1.96. The molecular weight excluding hydrogens is 322 g/mol. The van der Waals surface area contributed by atoms with E-state index < -0.39 is 11.6 Å². The van der Waals surface area contributed by atoms with E-state index in [-0.39, 0.29) is 19.0 Å². The van der Waals surface area contributed by atoms with Gasteiger partial charge in [0, 0.05) is 5.02 Å². The van der Waals surface area contributed by atoms with Gasteiger partial charge in [-0.1, -0.05) is 23.7 Å². The lowest BCUT2D eigenvalue weighted by Crippen LogP contribution is -2.41. The van der Waals surface area contributed by atoms with E-state index in [1.807, 2.05) is 12.1 Å². The van der Waals surface area contributed by atoms with E-state index >= 15 is 0 Å². The summed E-state index contributed by atoms with van der Waals surface area (Å²) < 4.78 is 5.52. The summed E-state index contributed by atoms with van der Waals surface area (Å²) in [5, 5.41) is 21.8. The highest BCUT2D eigenvalue weighted by Gasteiger charge is 2.29. The average Bonchev–Trinajstić information content (AvgIpc) is 2.51. The number of ether oxygens (including phenoxy) is 1. The molecule has 3 N–H and O–H groups in total. The lowest BCUT2D eigenvalue weighted by Gasteiger charge is -2.18. The highest BCUT2D eigenvalue weighted by molar-refractivity contribution is 6.30. The van der Waals surface area contributed by atoms with Gasteiger partial charge in [-0.25, -0.2) is 4.79 Å². The number of rotatable bonds is 7. The van der Waals surface area contributed by atoms with E-state index in [0.29, 0.717) is 10.8 Å². The second-order valence-corrected chi connectivity index (χ2v) is 5.53. The SMILES string of the molecule is CC(O)(CNc1cncc(OCc2cccc(Cl)c2)n1)C(=O)O. The smallest absolute Gasteiger partial charge is 0.337 e. The Morgan fingerprint density at radius 1 is 1.43 bits per heavy atom. The van der Waals surface area contributed by atoms with Crippen molar-refractivity contribution in [3.05, 3.63) is 47.2 Å². The Hall–Kier alpha value is -2.38. The number of nitrogens with one attached hydrogen (secondary N) is 1. The van der Waals surface area contributed by atoms with Crippen LogP contribution >= 0.6 is 11.6 Å². The molecule has 0 aliphatic heterocycles. The number of carboxylic acid groups (broad SMARTS) is 1. The van der Waals surface area contributed by atoms with Gasteiger partial charge in [-0.2, -0.15) is 4.98 Å². The molecule has 8 heteroatoms. The van der Waals surface area contributed by atoms with E-state index in [4.69, 9.17) is 21.4 Å². The number of aliphatic hydroxyl groups is 1. The average molecular weight is 338 g/mol. The van der Waals surface area contributed by atoms with Crippen molar-refractivity contribution in [2.75, 3.05) is 11.9 Å². The molecule has 2 aromatic rings. The van der Waals surface area contributed by atoms with Gasteiger partial charge in [0.25, 0.3) is 0 Å². The molecule has 1 heterocycles. The van der Waals surface area contributed by atoms with Crippen molar-refractivity contribution >= 4 is 23.4 Å². The van der Waals surface area contributed by atoms with Crippen LogP contribution in [0.15, 0.2) is 36.7 Å². The van der Waals surface area contributed by atoms with Crippen molar-refractivity contribution in [3.8, 4) is 5.88 Å². The third-order valence-electron chi connectivity index (χ3n) is 2.96. The molecule has 1 aromatic heterocycles. The van der Waals surface area contributed by atoms with Gasteiger partial charge in [-0.3, -0.25) is 4.98 Å². The van der Waals surface area contributed by atoms with Gasteiger partial charge in [0.2, 0.25) is 5.88 Å². The Morgan fingerprint density at radius 2 is 2.22 bits per heavy atom. The first kappa shape index (κ1) is 17.0. The predicted molar refractivity (Wildman–Crippen MR) is 84.6 cm³/mol. The normalized spacial score (nSPS) is 13.2. The number of hydrogen-bond donors (Lipinski definition) is 3. The van der Waals surface area contributed by atoms with Crippen molar-refractivity contribution in [1.82, 2.24) is 9.97 Å². The second-order valence-electron chi connectivity index (χ2n) is 5.09. The molecule has 1 aromatic carbocycles. The fourth-order valence-electron chi connectivity index (χ4n) is 1.63. The molecule has 0 fully saturated rings. The number of aliphatic carboxylic acids is 1. The summed E-state index contributed by atoms with van der Waals surface area (Å²) >= 11 is 5.90. The van der Waals surface area contributed by atoms with Gasteiger partial charge in [-0.15, -0.1) is 0 Å². The first-order chi connectivity index (χ1) is 10.9. The highest BCUT2D eigenvalue weighted by atomic mass is 35.5. The topological polar surface area (TPSA) is 105 Å². The number of hydrogen-bond acceptors (Lipinski definition) is 6. The zero-order chi connectivity index (χ0) is 16.9. The lowest BCUT2D eigenvalue weighted by atomic mass is 10.1. The van der Waals surface area contributed by atoms with Crippen molar-refractivity contribution in [2.45, 2.75) is 19.1 Å². The molecule has 0 bridgehead atoms. The van der Waals surface area contributed by atoms with Gasteiger partial charge >= 0.3 is 5.97 Å². The molecule has 0 aliphatic carbocycles. The number of anilines is 1. The Morgan fingerprint density at radius 3 is 2.91 bits per heavy atom. The minimum atomic E-state index is -1.90. The van der Waals surface area contributed by atoms with Crippen molar-refractivity contribution in [2.24, 2.45) is 0 Å². The number of halogens is 1. The van der Waals surface area contributed by atoms with E-state index in [1.54, 1.807) is 12.1 Å². The Bertz CT molecular complexity index is 694.